The van der Waals surface area contributed by atoms with Crippen LogP contribution in [0.3, 0.4) is 0 Å². The number of hydrogen-bond donors (Lipinski definition) is 2. The van der Waals surface area contributed by atoms with Crippen LogP contribution in [0.2, 0.25) is 0 Å². The lowest BCUT2D eigenvalue weighted by Crippen LogP contribution is -2.45. The Morgan fingerprint density at radius 2 is 2.05 bits per heavy atom. The van der Waals surface area contributed by atoms with Gasteiger partial charge in [0.15, 0.2) is 0 Å². The van der Waals surface area contributed by atoms with E-state index in [2.05, 4.69) is 44.1 Å². The fourth-order valence-corrected chi connectivity index (χ4v) is 4.53. The fraction of sp³-hybridized carbons (Fsp3) is 0.571. The molecule has 1 aromatic rings. The average molecular weight is 439 g/mol. The topological polar surface area (TPSA) is 66.4 Å². The van der Waals surface area contributed by atoms with E-state index in [9.17, 15) is 14.7 Å². The zero-order chi connectivity index (χ0) is 15.6. The maximum absolute atomic E-state index is 12.1. The van der Waals surface area contributed by atoms with Gasteiger partial charge in [-0.3, -0.25) is 9.59 Å². The molecular formula is C14H17Br2NO3S. The van der Waals surface area contributed by atoms with Crippen molar-refractivity contribution < 1.29 is 14.7 Å². The highest BCUT2D eigenvalue weighted by Gasteiger charge is 2.41. The van der Waals surface area contributed by atoms with Crippen molar-refractivity contribution in [1.82, 2.24) is 5.32 Å². The molecule has 0 spiro atoms. The summed E-state index contributed by atoms with van der Waals surface area (Å²) in [6.07, 6.45) is 3.06. The van der Waals surface area contributed by atoms with E-state index in [-0.39, 0.29) is 12.5 Å². The van der Waals surface area contributed by atoms with Gasteiger partial charge in [-0.05, 0) is 69.5 Å². The van der Waals surface area contributed by atoms with Crippen molar-refractivity contribution in [3.8, 4) is 0 Å². The Labute approximate surface area is 144 Å². The molecule has 7 heteroatoms. The van der Waals surface area contributed by atoms with Crippen molar-refractivity contribution in [2.24, 2.45) is 11.3 Å². The molecule has 1 saturated carbocycles. The first-order chi connectivity index (χ1) is 9.84. The third-order valence-electron chi connectivity index (χ3n) is 4.14. The standard InChI is InChI=1S/C14H17Br2NO3S/c1-8-2-4-14(5-3-8,13(19)20)7-17-12(18)10-6-9(15)11(16)21-10/h6,8H,2-5,7H2,1H3,(H,17,18)(H,19,20). The minimum Gasteiger partial charge on any atom is -0.481 e. The third kappa shape index (κ3) is 3.87. The summed E-state index contributed by atoms with van der Waals surface area (Å²) in [5.41, 5.74) is -0.812. The quantitative estimate of drug-likeness (QED) is 0.736. The number of rotatable bonds is 4. The first kappa shape index (κ1) is 17.0. The van der Waals surface area contributed by atoms with Gasteiger partial charge in [-0.15, -0.1) is 11.3 Å². The molecule has 0 unspecified atom stereocenters. The van der Waals surface area contributed by atoms with E-state index in [4.69, 9.17) is 0 Å². The highest BCUT2D eigenvalue weighted by Crippen LogP contribution is 2.39. The van der Waals surface area contributed by atoms with E-state index in [1.165, 1.54) is 11.3 Å². The highest BCUT2D eigenvalue weighted by atomic mass is 79.9. The van der Waals surface area contributed by atoms with Gasteiger partial charge in [0.1, 0.15) is 0 Å². The Bertz CT molecular complexity index is 531. The summed E-state index contributed by atoms with van der Waals surface area (Å²) in [6.45, 7) is 2.34. The number of carbonyl (C=O) groups excluding carboxylic acids is 1. The SMILES string of the molecule is CC1CCC(CNC(=O)c2cc(Br)c(Br)s2)(C(=O)O)CC1. The number of halogens is 2. The number of nitrogens with one attached hydrogen (secondary N) is 1. The zero-order valence-electron chi connectivity index (χ0n) is 11.6. The van der Waals surface area contributed by atoms with Crippen LogP contribution < -0.4 is 5.32 Å². The van der Waals surface area contributed by atoms with Gasteiger partial charge in [-0.1, -0.05) is 6.92 Å². The summed E-state index contributed by atoms with van der Waals surface area (Å²) in [5, 5.41) is 12.3. The Morgan fingerprint density at radius 1 is 1.43 bits per heavy atom. The Morgan fingerprint density at radius 3 is 2.52 bits per heavy atom. The molecule has 1 aliphatic rings. The number of amides is 1. The smallest absolute Gasteiger partial charge is 0.311 e. The van der Waals surface area contributed by atoms with Crippen LogP contribution in [0.1, 0.15) is 42.3 Å². The van der Waals surface area contributed by atoms with Crippen molar-refractivity contribution >= 4 is 55.1 Å². The summed E-state index contributed by atoms with van der Waals surface area (Å²) >= 11 is 8.02. The van der Waals surface area contributed by atoms with Gasteiger partial charge < -0.3 is 10.4 Å². The molecule has 0 radical (unpaired) electrons. The molecule has 0 aromatic carbocycles. The van der Waals surface area contributed by atoms with E-state index >= 15 is 0 Å². The largest absolute Gasteiger partial charge is 0.481 e. The molecule has 2 N–H and O–H groups in total. The maximum Gasteiger partial charge on any atom is 0.311 e. The van der Waals surface area contributed by atoms with E-state index in [1.807, 2.05) is 0 Å². The number of carboxylic acid groups (broad SMARTS) is 1. The average Bonchev–Trinajstić information content (AvgIpc) is 2.78. The van der Waals surface area contributed by atoms with Crippen LogP contribution in [-0.4, -0.2) is 23.5 Å². The maximum atomic E-state index is 12.1. The van der Waals surface area contributed by atoms with Crippen LogP contribution in [0.4, 0.5) is 0 Å². The molecule has 0 bridgehead atoms. The lowest BCUT2D eigenvalue weighted by atomic mass is 9.71. The Hall–Kier alpha value is -0.400. The van der Waals surface area contributed by atoms with Crippen LogP contribution >= 0.6 is 43.2 Å². The van der Waals surface area contributed by atoms with E-state index in [1.54, 1.807) is 6.07 Å². The van der Waals surface area contributed by atoms with E-state index in [0.29, 0.717) is 23.6 Å². The Kier molecular flexibility index (Phi) is 5.48. The molecule has 0 saturated heterocycles. The Balaban J connectivity index is 2.02. The molecular weight excluding hydrogens is 422 g/mol. The number of hydrogen-bond acceptors (Lipinski definition) is 3. The first-order valence-electron chi connectivity index (χ1n) is 6.80. The zero-order valence-corrected chi connectivity index (χ0v) is 15.6. The summed E-state index contributed by atoms with van der Waals surface area (Å²) < 4.78 is 1.68. The molecule has 0 aliphatic heterocycles. The lowest BCUT2D eigenvalue weighted by molar-refractivity contribution is -0.151. The van der Waals surface area contributed by atoms with Gasteiger partial charge in [-0.25, -0.2) is 0 Å². The first-order valence-corrected chi connectivity index (χ1v) is 9.21. The molecule has 1 aromatic heterocycles. The molecule has 1 heterocycles. The number of carboxylic acids is 1. The van der Waals surface area contributed by atoms with Crippen molar-refractivity contribution in [2.75, 3.05) is 6.54 Å². The second-order valence-corrected chi connectivity index (χ2v) is 8.91. The number of carbonyl (C=O) groups is 2. The molecule has 1 aliphatic carbocycles. The second-order valence-electron chi connectivity index (χ2n) is 5.68. The molecule has 4 nitrogen and oxygen atoms in total. The number of thiophene rings is 1. The molecule has 116 valence electrons. The molecule has 21 heavy (non-hydrogen) atoms. The number of aliphatic carboxylic acids is 1. The van der Waals surface area contributed by atoms with Crippen LogP contribution in [-0.2, 0) is 4.79 Å². The van der Waals surface area contributed by atoms with Gasteiger partial charge in [0.25, 0.3) is 5.91 Å². The third-order valence-corrected chi connectivity index (χ3v) is 7.40. The minimum atomic E-state index is -0.812. The van der Waals surface area contributed by atoms with E-state index in [0.717, 1.165) is 21.1 Å². The van der Waals surface area contributed by atoms with Crippen molar-refractivity contribution in [2.45, 2.75) is 32.6 Å². The summed E-state index contributed by atoms with van der Waals surface area (Å²) in [4.78, 5) is 24.3. The molecule has 1 fully saturated rings. The van der Waals surface area contributed by atoms with Gasteiger partial charge in [0.05, 0.1) is 14.1 Å². The molecule has 1 amide bonds. The van der Waals surface area contributed by atoms with Gasteiger partial charge in [-0.2, -0.15) is 0 Å². The van der Waals surface area contributed by atoms with Crippen molar-refractivity contribution in [1.29, 1.82) is 0 Å². The van der Waals surface area contributed by atoms with E-state index < -0.39 is 11.4 Å². The second kappa shape index (κ2) is 6.79. The fourth-order valence-electron chi connectivity index (χ4n) is 2.58. The van der Waals surface area contributed by atoms with Crippen LogP contribution in [0.5, 0.6) is 0 Å². The highest BCUT2D eigenvalue weighted by molar-refractivity contribution is 9.13. The predicted octanol–water partition coefficient (Wildman–Crippen LogP) is 4.28. The normalized spacial score (nSPS) is 25.6. The predicted molar refractivity (Wildman–Crippen MR) is 89.8 cm³/mol. The van der Waals surface area contributed by atoms with Crippen LogP contribution in [0, 0.1) is 11.3 Å². The summed E-state index contributed by atoms with van der Waals surface area (Å²) in [6, 6.07) is 1.74. The van der Waals surface area contributed by atoms with Crippen LogP contribution in [0.15, 0.2) is 14.3 Å². The monoisotopic (exact) mass is 437 g/mol. The van der Waals surface area contributed by atoms with Gasteiger partial charge in [0, 0.05) is 11.0 Å². The lowest BCUT2D eigenvalue weighted by Gasteiger charge is -2.35. The molecule has 0 atom stereocenters. The van der Waals surface area contributed by atoms with Gasteiger partial charge >= 0.3 is 5.97 Å². The van der Waals surface area contributed by atoms with Crippen molar-refractivity contribution in [3.05, 3.63) is 19.2 Å². The van der Waals surface area contributed by atoms with Crippen molar-refractivity contribution in [3.63, 3.8) is 0 Å². The van der Waals surface area contributed by atoms with Gasteiger partial charge in [0.2, 0.25) is 0 Å². The minimum absolute atomic E-state index is 0.195. The molecule has 2 rings (SSSR count). The summed E-state index contributed by atoms with van der Waals surface area (Å²) in [7, 11) is 0. The summed E-state index contributed by atoms with van der Waals surface area (Å²) in [5.74, 6) is -0.453. The van der Waals surface area contributed by atoms with Crippen LogP contribution in [0.25, 0.3) is 0 Å².